The third kappa shape index (κ3) is 3.55. The lowest BCUT2D eigenvalue weighted by Gasteiger charge is -2.08. The Morgan fingerprint density at radius 3 is 2.67 bits per heavy atom. The molecule has 0 amide bonds. The van der Waals surface area contributed by atoms with Crippen LogP contribution in [0.5, 0.6) is 0 Å². The third-order valence-corrected chi connectivity index (χ3v) is 2.99. The van der Waals surface area contributed by atoms with E-state index in [1.165, 1.54) is 12.1 Å². The summed E-state index contributed by atoms with van der Waals surface area (Å²) < 4.78 is 0. The predicted octanol–water partition coefficient (Wildman–Crippen LogP) is 2.57. The van der Waals surface area contributed by atoms with Gasteiger partial charge in [-0.2, -0.15) is 5.26 Å². The van der Waals surface area contributed by atoms with Crippen LogP contribution in [-0.2, 0) is 13.2 Å². The second kappa shape index (κ2) is 6.50. The molecule has 2 aromatic rings. The van der Waals surface area contributed by atoms with Crippen molar-refractivity contribution in [1.82, 2.24) is 0 Å². The van der Waals surface area contributed by atoms with Crippen molar-refractivity contribution in [3.05, 3.63) is 69.3 Å². The largest absolute Gasteiger partial charge is 0.392 e. The standard InChI is InChI=1S/C15H13N3O3/c16-8-13-4-5-14(7-15(13)18(20)21)17-9-11-2-1-3-12(6-11)10-19/h1-7,17,19H,9-10H2. The molecule has 0 heterocycles. The quantitative estimate of drug-likeness (QED) is 0.649. The highest BCUT2D eigenvalue weighted by atomic mass is 16.6. The second-order valence-electron chi connectivity index (χ2n) is 4.43. The van der Waals surface area contributed by atoms with Crippen LogP contribution < -0.4 is 5.32 Å². The molecule has 2 rings (SSSR count). The lowest BCUT2D eigenvalue weighted by molar-refractivity contribution is -0.385. The van der Waals surface area contributed by atoms with Crippen molar-refractivity contribution in [2.24, 2.45) is 0 Å². The van der Waals surface area contributed by atoms with Crippen molar-refractivity contribution < 1.29 is 10.0 Å². The van der Waals surface area contributed by atoms with Gasteiger partial charge in [-0.1, -0.05) is 24.3 Å². The lowest BCUT2D eigenvalue weighted by Crippen LogP contribution is -2.01. The van der Waals surface area contributed by atoms with Crippen LogP contribution in [0.3, 0.4) is 0 Å². The average molecular weight is 283 g/mol. The van der Waals surface area contributed by atoms with Crippen LogP contribution in [0, 0.1) is 21.4 Å². The number of anilines is 1. The molecule has 2 N–H and O–H groups in total. The summed E-state index contributed by atoms with van der Waals surface area (Å²) in [6.07, 6.45) is 0. The van der Waals surface area contributed by atoms with Gasteiger partial charge in [-0.05, 0) is 23.3 Å². The van der Waals surface area contributed by atoms with Crippen molar-refractivity contribution in [2.75, 3.05) is 5.32 Å². The minimum Gasteiger partial charge on any atom is -0.392 e. The molecular formula is C15H13N3O3. The van der Waals surface area contributed by atoms with E-state index in [1.807, 2.05) is 24.3 Å². The van der Waals surface area contributed by atoms with Crippen LogP contribution in [-0.4, -0.2) is 10.0 Å². The fourth-order valence-corrected chi connectivity index (χ4v) is 1.93. The molecule has 0 saturated heterocycles. The number of rotatable bonds is 5. The highest BCUT2D eigenvalue weighted by Crippen LogP contribution is 2.23. The number of nitriles is 1. The Morgan fingerprint density at radius 2 is 2.00 bits per heavy atom. The van der Waals surface area contributed by atoms with Gasteiger partial charge < -0.3 is 10.4 Å². The number of benzene rings is 2. The molecule has 0 aromatic heterocycles. The normalized spacial score (nSPS) is 9.90. The maximum atomic E-state index is 10.9. The number of aliphatic hydroxyl groups excluding tert-OH is 1. The zero-order valence-corrected chi connectivity index (χ0v) is 11.1. The lowest BCUT2D eigenvalue weighted by atomic mass is 10.1. The number of aliphatic hydroxyl groups is 1. The summed E-state index contributed by atoms with van der Waals surface area (Å²) in [7, 11) is 0. The zero-order valence-electron chi connectivity index (χ0n) is 11.1. The van der Waals surface area contributed by atoms with Crippen molar-refractivity contribution in [3.8, 4) is 6.07 Å². The highest BCUT2D eigenvalue weighted by Gasteiger charge is 2.13. The Bertz CT molecular complexity index is 708. The first kappa shape index (κ1) is 14.5. The van der Waals surface area contributed by atoms with Gasteiger partial charge in [-0.25, -0.2) is 0 Å². The van der Waals surface area contributed by atoms with Crippen LogP contribution >= 0.6 is 0 Å². The van der Waals surface area contributed by atoms with Gasteiger partial charge in [0.1, 0.15) is 11.6 Å². The van der Waals surface area contributed by atoms with E-state index >= 15 is 0 Å². The maximum Gasteiger partial charge on any atom is 0.289 e. The number of nitro groups is 1. The second-order valence-corrected chi connectivity index (χ2v) is 4.43. The van der Waals surface area contributed by atoms with Crippen molar-refractivity contribution >= 4 is 11.4 Å². The molecular weight excluding hydrogens is 270 g/mol. The van der Waals surface area contributed by atoms with Crippen LogP contribution in [0.1, 0.15) is 16.7 Å². The zero-order chi connectivity index (χ0) is 15.2. The molecule has 0 spiro atoms. The molecule has 21 heavy (non-hydrogen) atoms. The van der Waals surface area contributed by atoms with Crippen molar-refractivity contribution in [1.29, 1.82) is 5.26 Å². The van der Waals surface area contributed by atoms with Gasteiger partial charge in [-0.3, -0.25) is 10.1 Å². The van der Waals surface area contributed by atoms with E-state index in [-0.39, 0.29) is 17.9 Å². The van der Waals surface area contributed by atoms with E-state index in [4.69, 9.17) is 10.4 Å². The highest BCUT2D eigenvalue weighted by molar-refractivity contribution is 5.59. The monoisotopic (exact) mass is 283 g/mol. The molecule has 0 aliphatic carbocycles. The van der Waals surface area contributed by atoms with Crippen LogP contribution in [0.4, 0.5) is 11.4 Å². The fourth-order valence-electron chi connectivity index (χ4n) is 1.93. The number of nitrogens with zero attached hydrogens (tertiary/aromatic N) is 2. The third-order valence-electron chi connectivity index (χ3n) is 2.99. The van der Waals surface area contributed by atoms with E-state index in [1.54, 1.807) is 12.1 Å². The molecule has 0 bridgehead atoms. The van der Waals surface area contributed by atoms with E-state index in [2.05, 4.69) is 5.32 Å². The number of hydrogen-bond acceptors (Lipinski definition) is 5. The fraction of sp³-hybridized carbons (Fsp3) is 0.133. The summed E-state index contributed by atoms with van der Waals surface area (Å²) in [6.45, 7) is 0.438. The Morgan fingerprint density at radius 1 is 1.24 bits per heavy atom. The van der Waals surface area contributed by atoms with Gasteiger partial charge in [0, 0.05) is 18.3 Å². The Balaban J connectivity index is 2.15. The molecule has 0 saturated carbocycles. The van der Waals surface area contributed by atoms with Gasteiger partial charge in [0.25, 0.3) is 5.69 Å². The topological polar surface area (TPSA) is 99.2 Å². The van der Waals surface area contributed by atoms with Gasteiger partial charge in [0.2, 0.25) is 0 Å². The molecule has 2 aromatic carbocycles. The number of nitrogens with one attached hydrogen (secondary N) is 1. The average Bonchev–Trinajstić information content (AvgIpc) is 2.52. The van der Waals surface area contributed by atoms with Gasteiger partial charge in [0.15, 0.2) is 0 Å². The number of nitro benzene ring substituents is 1. The molecule has 0 atom stereocenters. The Kier molecular flexibility index (Phi) is 4.49. The van der Waals surface area contributed by atoms with Crippen LogP contribution in [0.25, 0.3) is 0 Å². The number of hydrogen-bond donors (Lipinski definition) is 2. The molecule has 0 radical (unpaired) electrons. The molecule has 0 aliphatic heterocycles. The molecule has 0 unspecified atom stereocenters. The first-order valence-electron chi connectivity index (χ1n) is 6.25. The Labute approximate surface area is 121 Å². The predicted molar refractivity (Wildman–Crippen MR) is 77.5 cm³/mol. The first-order chi connectivity index (χ1) is 10.1. The maximum absolute atomic E-state index is 10.9. The van der Waals surface area contributed by atoms with Gasteiger partial charge >= 0.3 is 0 Å². The summed E-state index contributed by atoms with van der Waals surface area (Å²) in [5.74, 6) is 0. The summed E-state index contributed by atoms with van der Waals surface area (Å²) in [5, 5.41) is 31.9. The minimum absolute atomic E-state index is 0.0316. The summed E-state index contributed by atoms with van der Waals surface area (Å²) in [4.78, 5) is 10.3. The van der Waals surface area contributed by atoms with Gasteiger partial charge in [0.05, 0.1) is 11.5 Å². The molecule has 0 aliphatic rings. The minimum atomic E-state index is -0.573. The van der Waals surface area contributed by atoms with E-state index in [9.17, 15) is 10.1 Å². The first-order valence-corrected chi connectivity index (χ1v) is 6.25. The van der Waals surface area contributed by atoms with Crippen molar-refractivity contribution in [3.63, 3.8) is 0 Å². The van der Waals surface area contributed by atoms with Gasteiger partial charge in [-0.15, -0.1) is 0 Å². The summed E-state index contributed by atoms with van der Waals surface area (Å²) in [6, 6.07) is 13.6. The SMILES string of the molecule is N#Cc1ccc(NCc2cccc(CO)c2)cc1[N+](=O)[O-]. The molecule has 0 fully saturated rings. The van der Waals surface area contributed by atoms with E-state index in [0.29, 0.717) is 12.2 Å². The van der Waals surface area contributed by atoms with E-state index < -0.39 is 4.92 Å². The molecule has 6 heteroatoms. The van der Waals surface area contributed by atoms with Crippen LogP contribution in [0.2, 0.25) is 0 Å². The van der Waals surface area contributed by atoms with E-state index in [0.717, 1.165) is 11.1 Å². The molecule has 106 valence electrons. The Hall–Kier alpha value is -2.91. The molecule has 6 nitrogen and oxygen atoms in total. The van der Waals surface area contributed by atoms with Crippen LogP contribution in [0.15, 0.2) is 42.5 Å². The summed E-state index contributed by atoms with van der Waals surface area (Å²) >= 11 is 0. The van der Waals surface area contributed by atoms with Crippen molar-refractivity contribution in [2.45, 2.75) is 13.2 Å². The smallest absolute Gasteiger partial charge is 0.289 e. The summed E-state index contributed by atoms with van der Waals surface area (Å²) in [5.41, 5.74) is 2.14.